The van der Waals surface area contributed by atoms with Crippen LogP contribution in [0.1, 0.15) is 18.4 Å². The molecule has 1 aromatic rings. The molecule has 1 aromatic carbocycles. The number of carboxylic acids is 1. The van der Waals surface area contributed by atoms with Crippen LogP contribution in [0.25, 0.3) is 0 Å². The van der Waals surface area contributed by atoms with Gasteiger partial charge in [0.15, 0.2) is 0 Å². The Morgan fingerprint density at radius 1 is 1.47 bits per heavy atom. The van der Waals surface area contributed by atoms with Gasteiger partial charge in [-0.05, 0) is 24.1 Å². The highest BCUT2D eigenvalue weighted by atomic mass is 16.4. The van der Waals surface area contributed by atoms with Gasteiger partial charge in [0.2, 0.25) is 5.91 Å². The Morgan fingerprint density at radius 3 is 2.79 bits per heavy atom. The number of anilines is 1. The second-order valence-electron chi connectivity index (χ2n) is 4.11. The maximum Gasteiger partial charge on any atom is 0.327 e. The maximum absolute atomic E-state index is 11.6. The van der Waals surface area contributed by atoms with E-state index in [0.29, 0.717) is 12.1 Å². The highest BCUT2D eigenvalue weighted by Gasteiger charge is 2.18. The monoisotopic (exact) mass is 260 g/mol. The molecular weight excluding hydrogens is 244 g/mol. The van der Waals surface area contributed by atoms with Crippen LogP contribution in [0.15, 0.2) is 24.3 Å². The maximum atomic E-state index is 11.6. The van der Waals surface area contributed by atoms with Crippen molar-refractivity contribution in [3.05, 3.63) is 29.8 Å². The first kappa shape index (κ1) is 14.6. The van der Waals surface area contributed by atoms with Gasteiger partial charge in [0.05, 0.1) is 0 Å². The summed E-state index contributed by atoms with van der Waals surface area (Å²) in [5.41, 5.74) is 7.19. The van der Waals surface area contributed by atoms with Crippen molar-refractivity contribution in [2.45, 2.75) is 25.3 Å². The number of amides is 1. The van der Waals surface area contributed by atoms with Crippen molar-refractivity contribution in [3.63, 3.8) is 0 Å². The summed E-state index contributed by atoms with van der Waals surface area (Å²) in [7, 11) is 0. The van der Waals surface area contributed by atoms with E-state index in [9.17, 15) is 9.59 Å². The normalized spacial score (nSPS) is 11.3. The van der Waals surface area contributed by atoms with Gasteiger partial charge < -0.3 is 16.2 Å². The number of aliphatic carboxylic acids is 1. The Kier molecular flexibility index (Phi) is 5.42. The lowest BCUT2D eigenvalue weighted by Gasteiger charge is -2.11. The molecule has 0 saturated carbocycles. The number of benzene rings is 1. The SMILES string of the molecule is C#CCC(NC(=O)CCc1cccc(N)c1)C(=O)O. The van der Waals surface area contributed by atoms with Gasteiger partial charge in [-0.15, -0.1) is 12.3 Å². The molecule has 0 aliphatic rings. The van der Waals surface area contributed by atoms with Crippen LogP contribution >= 0.6 is 0 Å². The summed E-state index contributed by atoms with van der Waals surface area (Å²) < 4.78 is 0. The number of rotatable bonds is 6. The number of carbonyl (C=O) groups is 2. The molecular formula is C14H16N2O3. The summed E-state index contributed by atoms with van der Waals surface area (Å²) in [6.07, 6.45) is 5.71. The summed E-state index contributed by atoms with van der Waals surface area (Å²) >= 11 is 0. The number of aryl methyl sites for hydroxylation is 1. The highest BCUT2D eigenvalue weighted by Crippen LogP contribution is 2.08. The van der Waals surface area contributed by atoms with E-state index < -0.39 is 12.0 Å². The smallest absolute Gasteiger partial charge is 0.327 e. The zero-order chi connectivity index (χ0) is 14.3. The van der Waals surface area contributed by atoms with Crippen molar-refractivity contribution in [3.8, 4) is 12.3 Å². The average Bonchev–Trinajstić information content (AvgIpc) is 2.36. The van der Waals surface area contributed by atoms with E-state index in [2.05, 4.69) is 11.2 Å². The lowest BCUT2D eigenvalue weighted by molar-refractivity contribution is -0.141. The molecule has 5 nitrogen and oxygen atoms in total. The molecule has 1 unspecified atom stereocenters. The Balaban J connectivity index is 2.47. The van der Waals surface area contributed by atoms with Crippen molar-refractivity contribution in [1.29, 1.82) is 0 Å². The molecule has 4 N–H and O–H groups in total. The molecule has 0 heterocycles. The molecule has 1 rings (SSSR count). The van der Waals surface area contributed by atoms with Gasteiger partial charge in [0.1, 0.15) is 6.04 Å². The number of hydrogen-bond acceptors (Lipinski definition) is 3. The Labute approximate surface area is 111 Å². The van der Waals surface area contributed by atoms with Crippen molar-refractivity contribution < 1.29 is 14.7 Å². The molecule has 0 aliphatic heterocycles. The van der Waals surface area contributed by atoms with E-state index in [1.54, 1.807) is 18.2 Å². The first-order valence-electron chi connectivity index (χ1n) is 5.83. The fourth-order valence-electron chi connectivity index (χ4n) is 1.59. The van der Waals surface area contributed by atoms with Gasteiger partial charge in [-0.1, -0.05) is 12.1 Å². The molecule has 0 radical (unpaired) electrons. The molecule has 100 valence electrons. The van der Waals surface area contributed by atoms with Gasteiger partial charge >= 0.3 is 5.97 Å². The van der Waals surface area contributed by atoms with Crippen LogP contribution < -0.4 is 11.1 Å². The number of nitrogen functional groups attached to an aromatic ring is 1. The summed E-state index contributed by atoms with van der Waals surface area (Å²) in [6.45, 7) is 0. The summed E-state index contributed by atoms with van der Waals surface area (Å²) in [4.78, 5) is 22.4. The molecule has 0 aliphatic carbocycles. The second kappa shape index (κ2) is 7.07. The number of nitrogens with one attached hydrogen (secondary N) is 1. The van der Waals surface area contributed by atoms with Crippen molar-refractivity contribution in [1.82, 2.24) is 5.32 Å². The van der Waals surface area contributed by atoms with Gasteiger partial charge in [0.25, 0.3) is 0 Å². The Bertz CT molecular complexity index is 506. The van der Waals surface area contributed by atoms with E-state index in [0.717, 1.165) is 5.56 Å². The van der Waals surface area contributed by atoms with Gasteiger partial charge in [-0.2, -0.15) is 0 Å². The third-order valence-corrected chi connectivity index (χ3v) is 2.55. The second-order valence-corrected chi connectivity index (χ2v) is 4.11. The van der Waals surface area contributed by atoms with Crippen LogP contribution in [0.5, 0.6) is 0 Å². The molecule has 1 atom stereocenters. The first-order chi connectivity index (χ1) is 9.02. The molecule has 1 amide bonds. The third-order valence-electron chi connectivity index (χ3n) is 2.55. The van der Waals surface area contributed by atoms with E-state index in [1.807, 2.05) is 6.07 Å². The molecule has 0 bridgehead atoms. The molecule has 0 spiro atoms. The number of carbonyl (C=O) groups excluding carboxylic acids is 1. The molecule has 0 aromatic heterocycles. The van der Waals surface area contributed by atoms with Crippen LogP contribution in [-0.2, 0) is 16.0 Å². The zero-order valence-corrected chi connectivity index (χ0v) is 10.4. The van der Waals surface area contributed by atoms with Crippen LogP contribution in [0.2, 0.25) is 0 Å². The molecule has 0 saturated heterocycles. The minimum atomic E-state index is -1.13. The highest BCUT2D eigenvalue weighted by molar-refractivity contribution is 5.83. The zero-order valence-electron chi connectivity index (χ0n) is 10.4. The first-order valence-corrected chi connectivity index (χ1v) is 5.83. The lowest BCUT2D eigenvalue weighted by atomic mass is 10.1. The largest absolute Gasteiger partial charge is 0.480 e. The van der Waals surface area contributed by atoms with E-state index >= 15 is 0 Å². The molecule has 5 heteroatoms. The molecule has 19 heavy (non-hydrogen) atoms. The minimum absolute atomic E-state index is 0.0284. The van der Waals surface area contributed by atoms with E-state index in [4.69, 9.17) is 17.3 Å². The number of carboxylic acid groups (broad SMARTS) is 1. The summed E-state index contributed by atoms with van der Waals surface area (Å²) in [6, 6.07) is 6.18. The fraction of sp³-hybridized carbons (Fsp3) is 0.286. The van der Waals surface area contributed by atoms with Crippen LogP contribution in [-0.4, -0.2) is 23.0 Å². The predicted octanol–water partition coefficient (Wildman–Crippen LogP) is 0.794. The van der Waals surface area contributed by atoms with Crippen molar-refractivity contribution in [2.24, 2.45) is 0 Å². The topological polar surface area (TPSA) is 92.4 Å². The van der Waals surface area contributed by atoms with Crippen LogP contribution in [0, 0.1) is 12.3 Å². The summed E-state index contributed by atoms with van der Waals surface area (Å²) in [5.74, 6) is 0.752. The van der Waals surface area contributed by atoms with Gasteiger partial charge in [-0.25, -0.2) is 4.79 Å². The number of terminal acetylenes is 1. The van der Waals surface area contributed by atoms with Gasteiger partial charge in [0, 0.05) is 18.5 Å². The Morgan fingerprint density at radius 2 is 2.21 bits per heavy atom. The summed E-state index contributed by atoms with van der Waals surface area (Å²) in [5, 5.41) is 11.2. The number of nitrogens with two attached hydrogens (primary N) is 1. The van der Waals surface area contributed by atoms with E-state index in [-0.39, 0.29) is 18.7 Å². The average molecular weight is 260 g/mol. The van der Waals surface area contributed by atoms with Crippen LogP contribution in [0.4, 0.5) is 5.69 Å². The van der Waals surface area contributed by atoms with Crippen molar-refractivity contribution >= 4 is 17.6 Å². The van der Waals surface area contributed by atoms with E-state index in [1.165, 1.54) is 0 Å². The third kappa shape index (κ3) is 5.13. The van der Waals surface area contributed by atoms with Crippen molar-refractivity contribution in [2.75, 3.05) is 5.73 Å². The predicted molar refractivity (Wildman–Crippen MR) is 72.2 cm³/mol. The quantitative estimate of drug-likeness (QED) is 0.521. The fourth-order valence-corrected chi connectivity index (χ4v) is 1.59. The minimum Gasteiger partial charge on any atom is -0.480 e. The lowest BCUT2D eigenvalue weighted by Crippen LogP contribution is -2.40. The Hall–Kier alpha value is -2.48. The number of hydrogen-bond donors (Lipinski definition) is 3. The van der Waals surface area contributed by atoms with Gasteiger partial charge in [-0.3, -0.25) is 4.79 Å². The molecule has 0 fully saturated rings. The standard InChI is InChI=1S/C14H16N2O3/c1-2-4-12(14(18)19)16-13(17)8-7-10-5-3-6-11(15)9-10/h1,3,5-6,9,12H,4,7-8,15H2,(H,16,17)(H,18,19). The van der Waals surface area contributed by atoms with Crippen LogP contribution in [0.3, 0.4) is 0 Å².